The van der Waals surface area contributed by atoms with Gasteiger partial charge in [0.1, 0.15) is 24.0 Å². The number of benzene rings is 2. The summed E-state index contributed by atoms with van der Waals surface area (Å²) in [7, 11) is 0. The SMILES string of the molecule is Fc1cccc(OCc2ccc(F)cc2Cl)c1. The lowest BCUT2D eigenvalue weighted by atomic mass is 10.2. The largest absolute Gasteiger partial charge is 0.489 e. The van der Waals surface area contributed by atoms with E-state index in [0.717, 1.165) is 0 Å². The second kappa shape index (κ2) is 5.15. The fourth-order valence-electron chi connectivity index (χ4n) is 1.36. The fourth-order valence-corrected chi connectivity index (χ4v) is 1.58. The molecule has 0 radical (unpaired) electrons. The average molecular weight is 255 g/mol. The van der Waals surface area contributed by atoms with Gasteiger partial charge in [0.25, 0.3) is 0 Å². The maximum atomic E-state index is 12.9. The molecule has 0 bridgehead atoms. The van der Waals surface area contributed by atoms with E-state index in [-0.39, 0.29) is 12.4 Å². The highest BCUT2D eigenvalue weighted by Gasteiger charge is 2.03. The van der Waals surface area contributed by atoms with Gasteiger partial charge in [-0.25, -0.2) is 8.78 Å². The van der Waals surface area contributed by atoms with Crippen LogP contribution in [0.5, 0.6) is 5.75 Å². The van der Waals surface area contributed by atoms with Crippen LogP contribution in [-0.4, -0.2) is 0 Å². The van der Waals surface area contributed by atoms with Crippen molar-refractivity contribution >= 4 is 11.6 Å². The van der Waals surface area contributed by atoms with Gasteiger partial charge >= 0.3 is 0 Å². The van der Waals surface area contributed by atoms with Crippen LogP contribution in [0.25, 0.3) is 0 Å². The first-order chi connectivity index (χ1) is 8.15. The van der Waals surface area contributed by atoms with Gasteiger partial charge in [-0.1, -0.05) is 23.7 Å². The Kier molecular flexibility index (Phi) is 3.59. The second-order valence-corrected chi connectivity index (χ2v) is 3.89. The molecular formula is C13H9ClF2O. The molecule has 0 amide bonds. The number of hydrogen-bond donors (Lipinski definition) is 0. The predicted octanol–water partition coefficient (Wildman–Crippen LogP) is 4.20. The summed E-state index contributed by atoms with van der Waals surface area (Å²) in [5, 5.41) is 0.293. The van der Waals surface area contributed by atoms with E-state index in [2.05, 4.69) is 0 Å². The van der Waals surface area contributed by atoms with Crippen LogP contribution >= 0.6 is 11.6 Å². The van der Waals surface area contributed by atoms with Crippen molar-refractivity contribution in [2.45, 2.75) is 6.61 Å². The van der Waals surface area contributed by atoms with Gasteiger partial charge in [0.2, 0.25) is 0 Å². The zero-order valence-corrected chi connectivity index (χ0v) is 9.55. The zero-order valence-electron chi connectivity index (χ0n) is 8.79. The first-order valence-electron chi connectivity index (χ1n) is 4.97. The molecule has 0 N–H and O–H groups in total. The normalized spacial score (nSPS) is 10.3. The molecule has 88 valence electrons. The first-order valence-corrected chi connectivity index (χ1v) is 5.35. The van der Waals surface area contributed by atoms with Crippen molar-refractivity contribution in [1.29, 1.82) is 0 Å². The van der Waals surface area contributed by atoms with Crippen LogP contribution in [0, 0.1) is 11.6 Å². The molecule has 0 aliphatic carbocycles. The number of halogens is 3. The van der Waals surface area contributed by atoms with Gasteiger partial charge in [-0.3, -0.25) is 0 Å². The lowest BCUT2D eigenvalue weighted by Crippen LogP contribution is -1.97. The Hall–Kier alpha value is -1.61. The summed E-state index contributed by atoms with van der Waals surface area (Å²) >= 11 is 5.83. The van der Waals surface area contributed by atoms with Crippen molar-refractivity contribution in [2.75, 3.05) is 0 Å². The summed E-state index contributed by atoms with van der Waals surface area (Å²) in [5.74, 6) is -0.359. The van der Waals surface area contributed by atoms with Crippen LogP contribution in [0.15, 0.2) is 42.5 Å². The van der Waals surface area contributed by atoms with Crippen LogP contribution < -0.4 is 4.74 Å². The highest BCUT2D eigenvalue weighted by molar-refractivity contribution is 6.31. The van der Waals surface area contributed by atoms with Crippen molar-refractivity contribution in [2.24, 2.45) is 0 Å². The van der Waals surface area contributed by atoms with Crippen LogP contribution in [0.1, 0.15) is 5.56 Å². The van der Waals surface area contributed by atoms with E-state index < -0.39 is 5.82 Å². The van der Waals surface area contributed by atoms with E-state index in [4.69, 9.17) is 16.3 Å². The van der Waals surface area contributed by atoms with Gasteiger partial charge in [0.15, 0.2) is 0 Å². The molecule has 0 aliphatic rings. The van der Waals surface area contributed by atoms with E-state index in [0.29, 0.717) is 16.3 Å². The van der Waals surface area contributed by atoms with Crippen molar-refractivity contribution in [3.8, 4) is 5.75 Å². The molecule has 2 aromatic carbocycles. The first kappa shape index (κ1) is 11.9. The molecule has 0 fully saturated rings. The topological polar surface area (TPSA) is 9.23 Å². The minimum Gasteiger partial charge on any atom is -0.489 e. The van der Waals surface area contributed by atoms with Crippen LogP contribution in [0.4, 0.5) is 8.78 Å². The predicted molar refractivity (Wildman–Crippen MR) is 62.1 cm³/mol. The number of ether oxygens (including phenoxy) is 1. The highest BCUT2D eigenvalue weighted by atomic mass is 35.5. The molecule has 4 heteroatoms. The summed E-state index contributed by atoms with van der Waals surface area (Å²) in [4.78, 5) is 0. The van der Waals surface area contributed by atoms with E-state index in [1.54, 1.807) is 12.1 Å². The lowest BCUT2D eigenvalue weighted by molar-refractivity contribution is 0.304. The Balaban J connectivity index is 2.07. The fraction of sp³-hybridized carbons (Fsp3) is 0.0769. The third-order valence-corrected chi connectivity index (χ3v) is 2.56. The van der Waals surface area contributed by atoms with Gasteiger partial charge in [-0.15, -0.1) is 0 Å². The molecular weight excluding hydrogens is 246 g/mol. The lowest BCUT2D eigenvalue weighted by Gasteiger charge is -2.07. The standard InChI is InChI=1S/C13H9ClF2O/c14-13-7-11(16)5-4-9(13)8-17-12-3-1-2-10(15)6-12/h1-7H,8H2. The van der Waals surface area contributed by atoms with Crippen molar-refractivity contribution in [1.82, 2.24) is 0 Å². The third-order valence-electron chi connectivity index (χ3n) is 2.21. The Labute approximate surface area is 103 Å². The summed E-state index contributed by atoms with van der Waals surface area (Å²) in [6, 6.07) is 9.85. The molecule has 0 spiro atoms. The molecule has 0 atom stereocenters. The van der Waals surface area contributed by atoms with E-state index in [9.17, 15) is 8.78 Å². The van der Waals surface area contributed by atoms with Gasteiger partial charge in [-0.05, 0) is 24.3 Å². The average Bonchev–Trinajstić information content (AvgIpc) is 2.28. The molecule has 2 rings (SSSR count). The van der Waals surface area contributed by atoms with Crippen LogP contribution in [0.2, 0.25) is 5.02 Å². The smallest absolute Gasteiger partial charge is 0.126 e. The zero-order chi connectivity index (χ0) is 12.3. The summed E-state index contributed by atoms with van der Waals surface area (Å²) < 4.78 is 31.0. The molecule has 0 aromatic heterocycles. The minimum absolute atomic E-state index is 0.169. The number of hydrogen-bond acceptors (Lipinski definition) is 1. The Morgan fingerprint density at radius 3 is 2.47 bits per heavy atom. The second-order valence-electron chi connectivity index (χ2n) is 3.48. The molecule has 0 aliphatic heterocycles. The monoisotopic (exact) mass is 254 g/mol. The highest BCUT2D eigenvalue weighted by Crippen LogP contribution is 2.20. The van der Waals surface area contributed by atoms with Crippen molar-refractivity contribution < 1.29 is 13.5 Å². The van der Waals surface area contributed by atoms with Gasteiger partial charge in [0, 0.05) is 11.6 Å². The molecule has 0 saturated heterocycles. The molecule has 0 unspecified atom stereocenters. The quantitative estimate of drug-likeness (QED) is 0.798. The van der Waals surface area contributed by atoms with E-state index in [1.807, 2.05) is 0 Å². The summed E-state index contributed by atoms with van der Waals surface area (Å²) in [6.07, 6.45) is 0. The molecule has 2 aromatic rings. The molecule has 0 heterocycles. The van der Waals surface area contributed by atoms with Crippen LogP contribution in [0.3, 0.4) is 0 Å². The molecule has 0 saturated carbocycles. The minimum atomic E-state index is -0.399. The van der Waals surface area contributed by atoms with Crippen LogP contribution in [-0.2, 0) is 6.61 Å². The Bertz CT molecular complexity index is 529. The van der Waals surface area contributed by atoms with Crippen molar-refractivity contribution in [3.63, 3.8) is 0 Å². The molecule has 1 nitrogen and oxygen atoms in total. The van der Waals surface area contributed by atoms with Gasteiger partial charge in [-0.2, -0.15) is 0 Å². The Morgan fingerprint density at radius 1 is 1.00 bits per heavy atom. The van der Waals surface area contributed by atoms with Gasteiger partial charge in [0.05, 0.1) is 5.02 Å². The maximum absolute atomic E-state index is 12.9. The Morgan fingerprint density at radius 2 is 1.76 bits per heavy atom. The van der Waals surface area contributed by atoms with Gasteiger partial charge < -0.3 is 4.74 Å². The van der Waals surface area contributed by atoms with E-state index >= 15 is 0 Å². The molecule has 17 heavy (non-hydrogen) atoms. The number of rotatable bonds is 3. The van der Waals surface area contributed by atoms with E-state index in [1.165, 1.54) is 30.3 Å². The summed E-state index contributed by atoms with van der Waals surface area (Å²) in [6.45, 7) is 0.169. The maximum Gasteiger partial charge on any atom is 0.126 e. The van der Waals surface area contributed by atoms with Crippen molar-refractivity contribution in [3.05, 3.63) is 64.7 Å². The third kappa shape index (κ3) is 3.17. The summed E-state index contributed by atoms with van der Waals surface area (Å²) in [5.41, 5.74) is 0.650.